The highest BCUT2D eigenvalue weighted by atomic mass is 32.1. The molecule has 1 N–H and O–H groups in total. The van der Waals surface area contributed by atoms with Crippen LogP contribution in [0.25, 0.3) is 0 Å². The van der Waals surface area contributed by atoms with Crippen molar-refractivity contribution in [2.24, 2.45) is 0 Å². The number of likely N-dealkylation sites (N-methyl/N-ethyl adjacent to an activating group) is 1. The molecule has 0 saturated carbocycles. The monoisotopic (exact) mass is 287 g/mol. The minimum Gasteiger partial charge on any atom is -0.309 e. The van der Waals surface area contributed by atoms with Crippen molar-refractivity contribution < 1.29 is 0 Å². The fourth-order valence-electron chi connectivity index (χ4n) is 2.98. The molecule has 2 heteroatoms. The molecule has 0 spiro atoms. The highest BCUT2D eigenvalue weighted by molar-refractivity contribution is 7.10. The second-order valence-corrected chi connectivity index (χ2v) is 6.61. The Kier molecular flexibility index (Phi) is 5.00. The van der Waals surface area contributed by atoms with Crippen LogP contribution in [0.4, 0.5) is 0 Å². The Labute approximate surface area is 127 Å². The van der Waals surface area contributed by atoms with Crippen molar-refractivity contribution in [3.8, 4) is 0 Å². The van der Waals surface area contributed by atoms with Crippen LogP contribution in [-0.4, -0.2) is 6.54 Å². The van der Waals surface area contributed by atoms with E-state index in [1.54, 1.807) is 0 Å². The van der Waals surface area contributed by atoms with Gasteiger partial charge in [0.2, 0.25) is 0 Å². The maximum atomic E-state index is 3.65. The molecule has 0 aliphatic heterocycles. The summed E-state index contributed by atoms with van der Waals surface area (Å²) in [6.07, 6.45) is 1.08. The van der Waals surface area contributed by atoms with Crippen LogP contribution in [0.1, 0.15) is 45.7 Å². The zero-order chi connectivity index (χ0) is 14.7. The average Bonchev–Trinajstić information content (AvgIpc) is 2.78. The largest absolute Gasteiger partial charge is 0.309 e. The van der Waals surface area contributed by atoms with Gasteiger partial charge in [0.1, 0.15) is 0 Å². The predicted molar refractivity (Wildman–Crippen MR) is 89.8 cm³/mol. The van der Waals surface area contributed by atoms with Gasteiger partial charge >= 0.3 is 0 Å². The smallest absolute Gasteiger partial charge is 0.0458 e. The minimum absolute atomic E-state index is 0.431. The minimum atomic E-state index is 0.431. The molecule has 108 valence electrons. The summed E-state index contributed by atoms with van der Waals surface area (Å²) in [7, 11) is 0. The quantitative estimate of drug-likeness (QED) is 0.827. The van der Waals surface area contributed by atoms with Crippen LogP contribution in [0.2, 0.25) is 0 Å². The van der Waals surface area contributed by atoms with E-state index in [4.69, 9.17) is 0 Å². The third-order valence-corrected chi connectivity index (χ3v) is 5.05. The molecule has 2 rings (SSSR count). The third-order valence-electron chi connectivity index (χ3n) is 3.92. The Morgan fingerprint density at radius 2 is 1.70 bits per heavy atom. The van der Waals surface area contributed by atoms with E-state index in [2.05, 4.69) is 63.5 Å². The van der Waals surface area contributed by atoms with Crippen LogP contribution in [0.3, 0.4) is 0 Å². The lowest BCUT2D eigenvalue weighted by Gasteiger charge is -2.21. The van der Waals surface area contributed by atoms with Gasteiger partial charge in [-0.1, -0.05) is 24.6 Å². The number of hydrogen-bond acceptors (Lipinski definition) is 2. The van der Waals surface area contributed by atoms with Crippen LogP contribution in [0.5, 0.6) is 0 Å². The number of nitrogens with one attached hydrogen (secondary N) is 1. The molecule has 0 amide bonds. The van der Waals surface area contributed by atoms with E-state index >= 15 is 0 Å². The van der Waals surface area contributed by atoms with Gasteiger partial charge in [-0.3, -0.25) is 0 Å². The van der Waals surface area contributed by atoms with Crippen LogP contribution < -0.4 is 5.32 Å². The van der Waals surface area contributed by atoms with Gasteiger partial charge in [0.25, 0.3) is 0 Å². The number of aryl methyl sites for hydroxylation is 4. The predicted octanol–water partition coefficient (Wildman–Crippen LogP) is 4.88. The van der Waals surface area contributed by atoms with Crippen molar-refractivity contribution in [2.45, 2.75) is 47.1 Å². The normalized spacial score (nSPS) is 12.7. The van der Waals surface area contributed by atoms with Crippen molar-refractivity contribution in [2.75, 3.05) is 6.54 Å². The Bertz CT molecular complexity index is 560. The summed E-state index contributed by atoms with van der Waals surface area (Å²) in [6.45, 7) is 12.1. The molecule has 1 unspecified atom stereocenters. The van der Waals surface area contributed by atoms with Gasteiger partial charge in [-0.25, -0.2) is 0 Å². The Balaban J connectivity index is 2.32. The average molecular weight is 287 g/mol. The van der Waals surface area contributed by atoms with E-state index in [0.29, 0.717) is 6.04 Å². The Morgan fingerprint density at radius 3 is 2.20 bits per heavy atom. The van der Waals surface area contributed by atoms with Crippen LogP contribution in [-0.2, 0) is 6.42 Å². The van der Waals surface area contributed by atoms with Gasteiger partial charge < -0.3 is 5.32 Å². The van der Waals surface area contributed by atoms with Gasteiger partial charge in [0.15, 0.2) is 0 Å². The maximum Gasteiger partial charge on any atom is 0.0458 e. The topological polar surface area (TPSA) is 12.0 Å². The van der Waals surface area contributed by atoms with Crippen molar-refractivity contribution in [1.29, 1.82) is 0 Å². The molecule has 0 aliphatic rings. The first-order valence-electron chi connectivity index (χ1n) is 7.37. The lowest BCUT2D eigenvalue weighted by molar-refractivity contribution is 0.554. The second-order valence-electron chi connectivity index (χ2n) is 5.66. The zero-order valence-corrected chi connectivity index (χ0v) is 14.0. The Hall–Kier alpha value is -1.12. The van der Waals surface area contributed by atoms with Crippen molar-refractivity contribution in [1.82, 2.24) is 5.32 Å². The standard InChI is InChI=1S/C18H25NS/c1-6-19-17(18-13(3)7-8-20-18)11-16-14(4)9-12(2)10-15(16)5/h7-10,17,19H,6,11H2,1-5H3. The summed E-state index contributed by atoms with van der Waals surface area (Å²) >= 11 is 1.87. The first-order valence-corrected chi connectivity index (χ1v) is 8.25. The summed E-state index contributed by atoms with van der Waals surface area (Å²) in [4.78, 5) is 1.48. The molecule has 1 aromatic carbocycles. The van der Waals surface area contributed by atoms with E-state index in [-0.39, 0.29) is 0 Å². The van der Waals surface area contributed by atoms with Crippen LogP contribution in [0.15, 0.2) is 23.6 Å². The highest BCUT2D eigenvalue weighted by Crippen LogP contribution is 2.29. The van der Waals surface area contributed by atoms with Gasteiger partial charge in [0.05, 0.1) is 0 Å². The molecule has 0 saturated heterocycles. The fourth-order valence-corrected chi connectivity index (χ4v) is 3.99. The molecule has 1 nitrogen and oxygen atoms in total. The number of rotatable bonds is 5. The number of hydrogen-bond donors (Lipinski definition) is 1. The summed E-state index contributed by atoms with van der Waals surface area (Å²) in [5, 5.41) is 5.85. The lowest BCUT2D eigenvalue weighted by atomic mass is 9.93. The van der Waals surface area contributed by atoms with Crippen molar-refractivity contribution >= 4 is 11.3 Å². The summed E-state index contributed by atoms with van der Waals surface area (Å²) in [6, 6.07) is 7.25. The lowest BCUT2D eigenvalue weighted by Crippen LogP contribution is -2.23. The first kappa shape index (κ1) is 15.3. The van der Waals surface area contributed by atoms with E-state index in [1.165, 1.54) is 32.7 Å². The molecule has 20 heavy (non-hydrogen) atoms. The zero-order valence-electron chi connectivity index (χ0n) is 13.2. The van der Waals surface area contributed by atoms with Gasteiger partial charge in [-0.2, -0.15) is 0 Å². The van der Waals surface area contributed by atoms with Crippen LogP contribution >= 0.6 is 11.3 Å². The number of thiophene rings is 1. The van der Waals surface area contributed by atoms with E-state index in [9.17, 15) is 0 Å². The SMILES string of the molecule is CCNC(Cc1c(C)cc(C)cc1C)c1sccc1C. The molecular weight excluding hydrogens is 262 g/mol. The molecule has 1 atom stereocenters. The molecule has 0 fully saturated rings. The van der Waals surface area contributed by atoms with Gasteiger partial charge in [-0.15, -0.1) is 11.3 Å². The van der Waals surface area contributed by atoms with Gasteiger partial charge in [-0.05, 0) is 74.4 Å². The molecule has 0 bridgehead atoms. The Morgan fingerprint density at radius 1 is 1.05 bits per heavy atom. The second kappa shape index (κ2) is 6.55. The van der Waals surface area contributed by atoms with Crippen molar-refractivity contribution in [3.05, 3.63) is 56.3 Å². The summed E-state index contributed by atoms with van der Waals surface area (Å²) in [5.41, 5.74) is 7.09. The maximum absolute atomic E-state index is 3.65. The third kappa shape index (κ3) is 3.31. The molecule has 2 aromatic rings. The molecule has 1 heterocycles. The molecule has 1 aromatic heterocycles. The fraction of sp³-hybridized carbons (Fsp3) is 0.444. The van der Waals surface area contributed by atoms with E-state index in [1.807, 2.05) is 11.3 Å². The highest BCUT2D eigenvalue weighted by Gasteiger charge is 2.17. The summed E-state index contributed by atoms with van der Waals surface area (Å²) in [5.74, 6) is 0. The molecular formula is C18H25NS. The van der Waals surface area contributed by atoms with E-state index < -0.39 is 0 Å². The van der Waals surface area contributed by atoms with Crippen LogP contribution in [0, 0.1) is 27.7 Å². The first-order chi connectivity index (χ1) is 9.52. The van der Waals surface area contributed by atoms with E-state index in [0.717, 1.165) is 13.0 Å². The number of benzene rings is 1. The molecule has 0 aliphatic carbocycles. The van der Waals surface area contributed by atoms with Gasteiger partial charge in [0, 0.05) is 10.9 Å². The summed E-state index contributed by atoms with van der Waals surface area (Å²) < 4.78 is 0. The molecule has 0 radical (unpaired) electrons. The van der Waals surface area contributed by atoms with Crippen molar-refractivity contribution in [3.63, 3.8) is 0 Å².